The average molecular weight is 259 g/mol. The fourth-order valence-corrected chi connectivity index (χ4v) is 3.04. The Hall–Kier alpha value is -0.710. The number of hydrogen-bond acceptors (Lipinski definition) is 4. The summed E-state index contributed by atoms with van der Waals surface area (Å²) in [6.45, 7) is 0.451. The normalized spacial score (nSPS) is 16.6. The van der Waals surface area contributed by atoms with Crippen molar-refractivity contribution in [1.82, 2.24) is 4.90 Å². The van der Waals surface area contributed by atoms with Crippen molar-refractivity contribution in [2.24, 2.45) is 5.92 Å². The number of carbonyl (C=O) groups is 2. The molecule has 1 amide bonds. The largest absolute Gasteiger partial charge is 0.469 e. The summed E-state index contributed by atoms with van der Waals surface area (Å²) < 4.78 is 4.55. The molecule has 0 bridgehead atoms. The lowest BCUT2D eigenvalue weighted by molar-refractivity contribution is -0.141. The van der Waals surface area contributed by atoms with Crippen LogP contribution in [0.5, 0.6) is 0 Å². The molecule has 4 nitrogen and oxygen atoms in total. The second kappa shape index (κ2) is 7.58. The standard InChI is InChI=1S/C12H21NO3S/c1-13(6-3-12(15)16-2)11(14)9-10-4-7-17-8-5-10/h10H,3-9H2,1-2H3. The maximum absolute atomic E-state index is 11.9. The Balaban J connectivity index is 2.23. The van der Waals surface area contributed by atoms with E-state index in [0.717, 1.165) is 12.8 Å². The van der Waals surface area contributed by atoms with Gasteiger partial charge in [0.25, 0.3) is 0 Å². The molecule has 5 heteroatoms. The SMILES string of the molecule is COC(=O)CCN(C)C(=O)CC1CCSCC1. The Morgan fingerprint density at radius 2 is 2.00 bits per heavy atom. The summed E-state index contributed by atoms with van der Waals surface area (Å²) in [6.07, 6.45) is 3.18. The van der Waals surface area contributed by atoms with Gasteiger partial charge in [-0.25, -0.2) is 0 Å². The first-order valence-electron chi connectivity index (χ1n) is 6.02. The highest BCUT2D eigenvalue weighted by Gasteiger charge is 2.19. The van der Waals surface area contributed by atoms with Gasteiger partial charge in [-0.15, -0.1) is 0 Å². The quantitative estimate of drug-likeness (QED) is 0.703. The maximum Gasteiger partial charge on any atom is 0.307 e. The van der Waals surface area contributed by atoms with Crippen molar-refractivity contribution in [3.8, 4) is 0 Å². The molecule has 0 atom stereocenters. The van der Waals surface area contributed by atoms with Gasteiger partial charge in [0.2, 0.25) is 5.91 Å². The molecule has 1 aliphatic rings. The molecular weight excluding hydrogens is 238 g/mol. The lowest BCUT2D eigenvalue weighted by atomic mass is 9.98. The second-order valence-electron chi connectivity index (χ2n) is 4.40. The summed E-state index contributed by atoms with van der Waals surface area (Å²) >= 11 is 1.97. The number of hydrogen-bond donors (Lipinski definition) is 0. The highest BCUT2D eigenvalue weighted by atomic mass is 32.2. The van der Waals surface area contributed by atoms with Crippen molar-refractivity contribution in [2.75, 3.05) is 32.2 Å². The van der Waals surface area contributed by atoms with E-state index in [1.54, 1.807) is 11.9 Å². The monoisotopic (exact) mass is 259 g/mol. The maximum atomic E-state index is 11.9. The summed E-state index contributed by atoms with van der Waals surface area (Å²) in [6, 6.07) is 0. The molecule has 0 aliphatic carbocycles. The molecule has 0 N–H and O–H groups in total. The van der Waals surface area contributed by atoms with Crippen LogP contribution < -0.4 is 0 Å². The molecular formula is C12H21NO3S. The van der Waals surface area contributed by atoms with E-state index < -0.39 is 0 Å². The first-order valence-corrected chi connectivity index (χ1v) is 7.17. The molecule has 1 rings (SSSR count). The Morgan fingerprint density at radius 3 is 2.59 bits per heavy atom. The summed E-state index contributed by atoms with van der Waals surface area (Å²) in [5.74, 6) is 2.75. The second-order valence-corrected chi connectivity index (χ2v) is 5.63. The van der Waals surface area contributed by atoms with Gasteiger partial charge < -0.3 is 9.64 Å². The number of methoxy groups -OCH3 is 1. The molecule has 1 saturated heterocycles. The Kier molecular flexibility index (Phi) is 6.40. The van der Waals surface area contributed by atoms with Gasteiger partial charge in [-0.3, -0.25) is 9.59 Å². The van der Waals surface area contributed by atoms with Gasteiger partial charge >= 0.3 is 5.97 Å². The first-order chi connectivity index (χ1) is 8.13. The fourth-order valence-electron chi connectivity index (χ4n) is 1.84. The van der Waals surface area contributed by atoms with Gasteiger partial charge in [0, 0.05) is 20.0 Å². The highest BCUT2D eigenvalue weighted by molar-refractivity contribution is 7.99. The van der Waals surface area contributed by atoms with Gasteiger partial charge in [-0.2, -0.15) is 11.8 Å². The third-order valence-corrected chi connectivity index (χ3v) is 4.16. The van der Waals surface area contributed by atoms with E-state index in [0.29, 0.717) is 18.9 Å². The van der Waals surface area contributed by atoms with E-state index in [1.165, 1.54) is 18.6 Å². The minimum atomic E-state index is -0.265. The molecule has 1 aliphatic heterocycles. The van der Waals surface area contributed by atoms with Gasteiger partial charge in [-0.1, -0.05) is 0 Å². The lowest BCUT2D eigenvalue weighted by Gasteiger charge is -2.23. The third-order valence-electron chi connectivity index (χ3n) is 3.11. The molecule has 0 spiro atoms. The predicted octanol–water partition coefficient (Wildman–Crippen LogP) is 1.54. The number of amides is 1. The molecule has 0 radical (unpaired) electrons. The van der Waals surface area contributed by atoms with Crippen molar-refractivity contribution in [3.63, 3.8) is 0 Å². The number of ether oxygens (including phenoxy) is 1. The summed E-state index contributed by atoms with van der Waals surface area (Å²) in [7, 11) is 3.12. The van der Waals surface area contributed by atoms with Crippen molar-refractivity contribution in [1.29, 1.82) is 0 Å². The number of esters is 1. The van der Waals surface area contributed by atoms with Gasteiger partial charge in [0.15, 0.2) is 0 Å². The minimum absolute atomic E-state index is 0.144. The van der Waals surface area contributed by atoms with E-state index in [9.17, 15) is 9.59 Å². The summed E-state index contributed by atoms with van der Waals surface area (Å²) in [5.41, 5.74) is 0. The zero-order valence-electron chi connectivity index (χ0n) is 10.6. The number of rotatable bonds is 5. The molecule has 98 valence electrons. The predicted molar refractivity (Wildman–Crippen MR) is 68.9 cm³/mol. The number of carbonyl (C=O) groups excluding carboxylic acids is 2. The van der Waals surface area contributed by atoms with Crippen LogP contribution in [0, 0.1) is 5.92 Å². The molecule has 0 aromatic rings. The van der Waals surface area contributed by atoms with Crippen LogP contribution in [0.4, 0.5) is 0 Å². The molecule has 0 aromatic heterocycles. The van der Waals surface area contributed by atoms with Gasteiger partial charge in [0.1, 0.15) is 0 Å². The molecule has 0 unspecified atom stereocenters. The molecule has 17 heavy (non-hydrogen) atoms. The Morgan fingerprint density at radius 1 is 1.35 bits per heavy atom. The van der Waals surface area contributed by atoms with E-state index in [1.807, 2.05) is 11.8 Å². The van der Waals surface area contributed by atoms with E-state index in [2.05, 4.69) is 4.74 Å². The van der Waals surface area contributed by atoms with Crippen LogP contribution in [0.15, 0.2) is 0 Å². The van der Waals surface area contributed by atoms with Crippen LogP contribution in [-0.2, 0) is 14.3 Å². The van der Waals surface area contributed by atoms with Crippen molar-refractivity contribution in [3.05, 3.63) is 0 Å². The van der Waals surface area contributed by atoms with Gasteiger partial charge in [-0.05, 0) is 30.3 Å². The molecule has 1 fully saturated rings. The van der Waals surface area contributed by atoms with E-state index in [-0.39, 0.29) is 18.3 Å². The lowest BCUT2D eigenvalue weighted by Crippen LogP contribution is -2.31. The van der Waals surface area contributed by atoms with Crippen LogP contribution in [0.25, 0.3) is 0 Å². The topological polar surface area (TPSA) is 46.6 Å². The Bertz CT molecular complexity index is 264. The van der Waals surface area contributed by atoms with Crippen molar-refractivity contribution >= 4 is 23.6 Å². The summed E-state index contributed by atoms with van der Waals surface area (Å²) in [4.78, 5) is 24.5. The average Bonchev–Trinajstić information content (AvgIpc) is 2.36. The highest BCUT2D eigenvalue weighted by Crippen LogP contribution is 2.25. The van der Waals surface area contributed by atoms with Crippen LogP contribution in [0.3, 0.4) is 0 Å². The van der Waals surface area contributed by atoms with Crippen LogP contribution in [0.2, 0.25) is 0 Å². The fraction of sp³-hybridized carbons (Fsp3) is 0.833. The van der Waals surface area contributed by atoms with Gasteiger partial charge in [0.05, 0.1) is 13.5 Å². The molecule has 0 aromatic carbocycles. The zero-order valence-corrected chi connectivity index (χ0v) is 11.4. The zero-order chi connectivity index (χ0) is 12.7. The van der Waals surface area contributed by atoms with Crippen LogP contribution in [0.1, 0.15) is 25.7 Å². The Labute approximate surface area is 107 Å². The number of thioether (sulfide) groups is 1. The smallest absolute Gasteiger partial charge is 0.307 e. The van der Waals surface area contributed by atoms with Crippen LogP contribution >= 0.6 is 11.8 Å². The van der Waals surface area contributed by atoms with Crippen LogP contribution in [-0.4, -0.2) is 49.0 Å². The van der Waals surface area contributed by atoms with E-state index in [4.69, 9.17) is 0 Å². The van der Waals surface area contributed by atoms with Crippen molar-refractivity contribution in [2.45, 2.75) is 25.7 Å². The van der Waals surface area contributed by atoms with E-state index >= 15 is 0 Å². The first kappa shape index (κ1) is 14.4. The van der Waals surface area contributed by atoms with Crippen molar-refractivity contribution < 1.29 is 14.3 Å². The number of nitrogens with zero attached hydrogens (tertiary/aromatic N) is 1. The minimum Gasteiger partial charge on any atom is -0.469 e. The third kappa shape index (κ3) is 5.44. The summed E-state index contributed by atoms with van der Waals surface area (Å²) in [5, 5.41) is 0. The molecule has 0 saturated carbocycles. The molecule has 1 heterocycles.